The maximum absolute atomic E-state index is 12.1. The van der Waals surface area contributed by atoms with Crippen molar-refractivity contribution in [1.82, 2.24) is 4.72 Å². The normalized spacial score (nSPS) is 21.1. The summed E-state index contributed by atoms with van der Waals surface area (Å²) in [4.78, 5) is 7.46. The van der Waals surface area contributed by atoms with Gasteiger partial charge >= 0.3 is 0 Å². The highest BCUT2D eigenvalue weighted by atomic mass is 32.2. The molecule has 0 aliphatic carbocycles. The Morgan fingerprint density at radius 1 is 1.20 bits per heavy atom. The van der Waals surface area contributed by atoms with Crippen LogP contribution in [0.4, 0.5) is 5.69 Å². The summed E-state index contributed by atoms with van der Waals surface area (Å²) in [7, 11) is -3.35. The van der Waals surface area contributed by atoms with Crippen LogP contribution < -0.4 is 9.62 Å². The van der Waals surface area contributed by atoms with Crippen molar-refractivity contribution in [2.45, 2.75) is 45.1 Å². The van der Waals surface area contributed by atoms with Gasteiger partial charge in [0, 0.05) is 31.7 Å². The number of nitrogens with one attached hydrogen (secondary N) is 1. The zero-order valence-electron chi connectivity index (χ0n) is 14.8. The molecule has 0 spiro atoms. The van der Waals surface area contributed by atoms with Gasteiger partial charge in [-0.05, 0) is 50.3 Å². The van der Waals surface area contributed by atoms with E-state index in [1.807, 2.05) is 6.92 Å². The van der Waals surface area contributed by atoms with Crippen LogP contribution in [0.3, 0.4) is 0 Å². The number of benzene rings is 1. The minimum Gasteiger partial charge on any atom is -0.392 e. The molecule has 6 nitrogen and oxygen atoms in total. The molecule has 0 saturated carbocycles. The van der Waals surface area contributed by atoms with E-state index in [-0.39, 0.29) is 11.9 Å². The summed E-state index contributed by atoms with van der Waals surface area (Å²) in [5, 5.41) is 3.82. The van der Waals surface area contributed by atoms with Gasteiger partial charge in [-0.1, -0.05) is 17.3 Å². The van der Waals surface area contributed by atoms with Gasteiger partial charge < -0.3 is 9.74 Å². The van der Waals surface area contributed by atoms with Crippen molar-refractivity contribution in [3.8, 4) is 0 Å². The van der Waals surface area contributed by atoms with Gasteiger partial charge in [-0.25, -0.2) is 13.1 Å². The molecule has 0 amide bonds. The molecule has 1 saturated heterocycles. The second-order valence-corrected chi connectivity index (χ2v) is 8.70. The van der Waals surface area contributed by atoms with E-state index in [4.69, 9.17) is 4.84 Å². The van der Waals surface area contributed by atoms with E-state index >= 15 is 0 Å². The SMILES string of the molecule is CC1CC(CS(=O)(=O)NCCc2ccc(N3CCCCC3)cc2)=NO1. The van der Waals surface area contributed by atoms with Crippen molar-refractivity contribution in [2.24, 2.45) is 5.16 Å². The van der Waals surface area contributed by atoms with Crippen molar-refractivity contribution < 1.29 is 13.3 Å². The maximum Gasteiger partial charge on any atom is 0.217 e. The molecule has 3 rings (SSSR count). The van der Waals surface area contributed by atoms with E-state index in [2.05, 4.69) is 39.0 Å². The van der Waals surface area contributed by atoms with Crippen LogP contribution in [0.25, 0.3) is 0 Å². The molecular formula is C18H27N3O3S. The lowest BCUT2D eigenvalue weighted by Crippen LogP contribution is -2.31. The van der Waals surface area contributed by atoms with Crippen LogP contribution in [-0.4, -0.2) is 45.6 Å². The molecule has 25 heavy (non-hydrogen) atoms. The van der Waals surface area contributed by atoms with Crippen molar-refractivity contribution in [2.75, 3.05) is 30.3 Å². The number of oxime groups is 1. The van der Waals surface area contributed by atoms with E-state index in [9.17, 15) is 8.42 Å². The molecule has 2 heterocycles. The number of nitrogens with zero attached hydrogens (tertiary/aromatic N) is 2. The molecule has 1 N–H and O–H groups in total. The minimum absolute atomic E-state index is 0.0244. The van der Waals surface area contributed by atoms with Gasteiger partial charge in [0.2, 0.25) is 10.0 Å². The van der Waals surface area contributed by atoms with Crippen molar-refractivity contribution >= 4 is 21.4 Å². The molecule has 0 radical (unpaired) electrons. The summed E-state index contributed by atoms with van der Waals surface area (Å²) < 4.78 is 26.8. The topological polar surface area (TPSA) is 71.0 Å². The fourth-order valence-electron chi connectivity index (χ4n) is 3.30. The molecule has 2 aliphatic rings. The fraction of sp³-hybridized carbons (Fsp3) is 0.611. The third kappa shape index (κ3) is 5.44. The summed E-state index contributed by atoms with van der Waals surface area (Å²) in [6.07, 6.45) is 5.09. The first-order valence-electron chi connectivity index (χ1n) is 9.05. The smallest absolute Gasteiger partial charge is 0.217 e. The Hall–Kier alpha value is -1.60. The predicted octanol–water partition coefficient (Wildman–Crippen LogP) is 2.30. The first-order valence-corrected chi connectivity index (χ1v) is 10.7. The molecule has 1 aromatic rings. The van der Waals surface area contributed by atoms with Crippen LogP contribution in [0.1, 0.15) is 38.2 Å². The van der Waals surface area contributed by atoms with Gasteiger partial charge in [-0.15, -0.1) is 0 Å². The Morgan fingerprint density at radius 3 is 2.56 bits per heavy atom. The van der Waals surface area contributed by atoms with E-state index < -0.39 is 10.0 Å². The van der Waals surface area contributed by atoms with Crippen LogP contribution in [0.5, 0.6) is 0 Å². The summed E-state index contributed by atoms with van der Waals surface area (Å²) in [6.45, 7) is 4.54. The predicted molar refractivity (Wildman–Crippen MR) is 101 cm³/mol. The highest BCUT2D eigenvalue weighted by molar-refractivity contribution is 7.90. The van der Waals surface area contributed by atoms with Crippen molar-refractivity contribution in [1.29, 1.82) is 0 Å². The summed E-state index contributed by atoms with van der Waals surface area (Å²) in [5.74, 6) is -0.0781. The Bertz CT molecular complexity index is 695. The minimum atomic E-state index is -3.35. The lowest BCUT2D eigenvalue weighted by Gasteiger charge is -2.28. The molecule has 1 fully saturated rings. The van der Waals surface area contributed by atoms with Gasteiger partial charge in [-0.3, -0.25) is 0 Å². The standard InChI is InChI=1S/C18H27N3O3S/c1-15-13-17(20-24-15)14-25(22,23)19-10-9-16-5-7-18(8-6-16)21-11-3-2-4-12-21/h5-8,15,19H,2-4,9-14H2,1H3. The molecule has 1 unspecified atom stereocenters. The average Bonchev–Trinajstić information content (AvgIpc) is 3.00. The molecule has 7 heteroatoms. The Morgan fingerprint density at radius 2 is 1.92 bits per heavy atom. The highest BCUT2D eigenvalue weighted by Gasteiger charge is 2.22. The number of rotatable bonds is 7. The molecule has 0 aromatic heterocycles. The van der Waals surface area contributed by atoms with Crippen LogP contribution >= 0.6 is 0 Å². The van der Waals surface area contributed by atoms with Crippen molar-refractivity contribution in [3.05, 3.63) is 29.8 Å². The van der Waals surface area contributed by atoms with Gasteiger partial charge in [0.15, 0.2) is 0 Å². The lowest BCUT2D eigenvalue weighted by molar-refractivity contribution is 0.0995. The monoisotopic (exact) mass is 365 g/mol. The summed E-state index contributed by atoms with van der Waals surface area (Å²) >= 11 is 0. The van der Waals surface area contributed by atoms with Crippen LogP contribution in [-0.2, 0) is 21.3 Å². The second kappa shape index (κ2) is 8.19. The number of hydrogen-bond acceptors (Lipinski definition) is 5. The van der Waals surface area contributed by atoms with Crippen LogP contribution in [0.2, 0.25) is 0 Å². The van der Waals surface area contributed by atoms with Gasteiger partial charge in [0.25, 0.3) is 0 Å². The molecule has 2 aliphatic heterocycles. The third-order valence-corrected chi connectivity index (χ3v) is 5.99. The Kier molecular flexibility index (Phi) is 5.96. The molecule has 1 atom stereocenters. The first-order chi connectivity index (χ1) is 12.0. The van der Waals surface area contributed by atoms with Crippen LogP contribution in [0, 0.1) is 0 Å². The van der Waals surface area contributed by atoms with E-state index in [0.29, 0.717) is 25.1 Å². The maximum atomic E-state index is 12.1. The average molecular weight is 365 g/mol. The molecular weight excluding hydrogens is 338 g/mol. The number of hydrogen-bond donors (Lipinski definition) is 1. The number of piperidine rings is 1. The van der Waals surface area contributed by atoms with Gasteiger partial charge in [0.1, 0.15) is 11.9 Å². The number of sulfonamides is 1. The van der Waals surface area contributed by atoms with E-state index in [1.165, 1.54) is 24.9 Å². The van der Waals surface area contributed by atoms with E-state index in [0.717, 1.165) is 18.7 Å². The van der Waals surface area contributed by atoms with Crippen LogP contribution in [0.15, 0.2) is 29.4 Å². The Labute approximate surface area is 150 Å². The molecule has 1 aromatic carbocycles. The second-order valence-electron chi connectivity index (χ2n) is 6.90. The summed E-state index contributed by atoms with van der Waals surface area (Å²) in [6, 6.07) is 8.46. The molecule has 0 bridgehead atoms. The lowest BCUT2D eigenvalue weighted by atomic mass is 10.1. The van der Waals surface area contributed by atoms with E-state index in [1.54, 1.807) is 0 Å². The molecule has 138 valence electrons. The zero-order valence-corrected chi connectivity index (χ0v) is 15.6. The quantitative estimate of drug-likeness (QED) is 0.805. The summed E-state index contributed by atoms with van der Waals surface area (Å²) in [5.41, 5.74) is 2.99. The fourth-order valence-corrected chi connectivity index (χ4v) is 4.43. The Balaban J connectivity index is 1.45. The largest absolute Gasteiger partial charge is 0.392 e. The zero-order chi connectivity index (χ0) is 17.7. The first kappa shape index (κ1) is 18.2. The number of anilines is 1. The van der Waals surface area contributed by atoms with Gasteiger partial charge in [-0.2, -0.15) is 0 Å². The van der Waals surface area contributed by atoms with Gasteiger partial charge in [0.05, 0.1) is 5.71 Å². The third-order valence-electron chi connectivity index (χ3n) is 4.63. The van der Waals surface area contributed by atoms with Crippen molar-refractivity contribution in [3.63, 3.8) is 0 Å². The highest BCUT2D eigenvalue weighted by Crippen LogP contribution is 2.20.